The molecule has 1 N–H and O–H groups in total. The van der Waals surface area contributed by atoms with E-state index in [4.69, 9.17) is 4.74 Å². The Balaban J connectivity index is 1.58. The summed E-state index contributed by atoms with van der Waals surface area (Å²) in [5, 5.41) is 10.1. The van der Waals surface area contributed by atoms with Gasteiger partial charge in [-0.05, 0) is 43.4 Å². The van der Waals surface area contributed by atoms with E-state index in [0.29, 0.717) is 11.8 Å². The molecule has 4 unspecified atom stereocenters. The number of aliphatic hydroxyl groups excluding tert-OH is 1. The number of fused-ring (bicyclic) bond motifs is 1. The smallest absolute Gasteiger partial charge is 0.0619 e. The third kappa shape index (κ3) is 1.40. The van der Waals surface area contributed by atoms with Crippen LogP contribution in [-0.4, -0.2) is 24.4 Å². The largest absolute Gasteiger partial charge is 0.392 e. The molecule has 1 heterocycles. The molecule has 74 valence electrons. The van der Waals surface area contributed by atoms with Crippen molar-refractivity contribution >= 4 is 0 Å². The minimum atomic E-state index is -0.0599. The average molecular weight is 182 g/mol. The molecule has 2 heteroatoms. The fourth-order valence-corrected chi connectivity index (χ4v) is 3.25. The molecule has 3 aliphatic rings. The zero-order chi connectivity index (χ0) is 8.84. The Morgan fingerprint density at radius 3 is 2.46 bits per heavy atom. The van der Waals surface area contributed by atoms with E-state index in [9.17, 15) is 5.11 Å². The Kier molecular flexibility index (Phi) is 1.88. The highest BCUT2D eigenvalue weighted by atomic mass is 16.5. The Morgan fingerprint density at radius 1 is 1.08 bits per heavy atom. The summed E-state index contributed by atoms with van der Waals surface area (Å²) >= 11 is 0. The van der Waals surface area contributed by atoms with Crippen molar-refractivity contribution in [3.63, 3.8) is 0 Å². The lowest BCUT2D eigenvalue weighted by Crippen LogP contribution is -2.28. The molecule has 0 amide bonds. The minimum Gasteiger partial charge on any atom is -0.392 e. The van der Waals surface area contributed by atoms with Crippen molar-refractivity contribution < 1.29 is 9.84 Å². The first-order chi connectivity index (χ1) is 6.34. The molecule has 0 radical (unpaired) electrons. The maximum absolute atomic E-state index is 10.1. The molecular formula is C11H18O2. The molecule has 2 saturated carbocycles. The van der Waals surface area contributed by atoms with Gasteiger partial charge in [-0.15, -0.1) is 0 Å². The van der Waals surface area contributed by atoms with E-state index in [1.54, 1.807) is 0 Å². The van der Waals surface area contributed by atoms with Gasteiger partial charge in [0.25, 0.3) is 0 Å². The second kappa shape index (κ2) is 2.96. The summed E-state index contributed by atoms with van der Waals surface area (Å²) in [7, 11) is 0. The lowest BCUT2D eigenvalue weighted by atomic mass is 9.87. The molecule has 1 aliphatic heterocycles. The van der Waals surface area contributed by atoms with Gasteiger partial charge in [0.1, 0.15) is 0 Å². The standard InChI is InChI=1S/C11H18O2/c12-11(7-1-2-13-6-7)10-4-8-3-9(8)5-10/h7-12H,1-6H2. The summed E-state index contributed by atoms with van der Waals surface area (Å²) in [6, 6.07) is 0. The lowest BCUT2D eigenvalue weighted by Gasteiger charge is -2.23. The van der Waals surface area contributed by atoms with Crippen LogP contribution >= 0.6 is 0 Å². The second-order valence-electron chi connectivity index (χ2n) is 5.10. The first-order valence-electron chi connectivity index (χ1n) is 5.60. The molecule has 0 bridgehead atoms. The Bertz CT molecular complexity index is 188. The molecule has 2 aliphatic carbocycles. The monoisotopic (exact) mass is 182 g/mol. The summed E-state index contributed by atoms with van der Waals surface area (Å²) in [5.41, 5.74) is 0. The van der Waals surface area contributed by atoms with Crippen LogP contribution in [0.1, 0.15) is 25.7 Å². The second-order valence-corrected chi connectivity index (χ2v) is 5.10. The topological polar surface area (TPSA) is 29.5 Å². The van der Waals surface area contributed by atoms with E-state index in [0.717, 1.165) is 31.5 Å². The number of aliphatic hydroxyl groups is 1. The van der Waals surface area contributed by atoms with Crippen molar-refractivity contribution in [2.75, 3.05) is 13.2 Å². The van der Waals surface area contributed by atoms with Crippen molar-refractivity contribution in [3.05, 3.63) is 0 Å². The maximum atomic E-state index is 10.1. The Labute approximate surface area is 79.3 Å². The first-order valence-corrected chi connectivity index (χ1v) is 5.60. The first kappa shape index (κ1) is 8.25. The van der Waals surface area contributed by atoms with Crippen LogP contribution in [0, 0.1) is 23.7 Å². The van der Waals surface area contributed by atoms with Gasteiger partial charge in [0, 0.05) is 12.5 Å². The van der Waals surface area contributed by atoms with Crippen molar-refractivity contribution in [3.8, 4) is 0 Å². The molecule has 4 atom stereocenters. The number of rotatable bonds is 2. The van der Waals surface area contributed by atoms with Crippen LogP contribution in [0.4, 0.5) is 0 Å². The van der Waals surface area contributed by atoms with Gasteiger partial charge >= 0.3 is 0 Å². The Hall–Kier alpha value is -0.0800. The van der Waals surface area contributed by atoms with Crippen LogP contribution < -0.4 is 0 Å². The molecule has 1 saturated heterocycles. The molecule has 3 rings (SSSR count). The number of hydrogen-bond acceptors (Lipinski definition) is 2. The Morgan fingerprint density at radius 2 is 1.85 bits per heavy atom. The van der Waals surface area contributed by atoms with Gasteiger partial charge in [-0.1, -0.05) is 0 Å². The highest BCUT2D eigenvalue weighted by molar-refractivity contribution is 4.98. The number of ether oxygens (including phenoxy) is 1. The average Bonchev–Trinajstić information content (AvgIpc) is 2.63. The zero-order valence-corrected chi connectivity index (χ0v) is 7.98. The van der Waals surface area contributed by atoms with E-state index < -0.39 is 0 Å². The molecule has 0 aromatic heterocycles. The summed E-state index contributed by atoms with van der Waals surface area (Å²) in [6.45, 7) is 1.66. The molecule has 2 nitrogen and oxygen atoms in total. The number of hydrogen-bond donors (Lipinski definition) is 1. The fourth-order valence-electron chi connectivity index (χ4n) is 3.25. The van der Waals surface area contributed by atoms with Gasteiger partial charge in [-0.2, -0.15) is 0 Å². The van der Waals surface area contributed by atoms with Crippen molar-refractivity contribution in [2.24, 2.45) is 23.7 Å². The third-order valence-electron chi connectivity index (χ3n) is 4.21. The van der Waals surface area contributed by atoms with Gasteiger partial charge in [0.05, 0.1) is 12.7 Å². The highest BCUT2D eigenvalue weighted by Gasteiger charge is 2.48. The third-order valence-corrected chi connectivity index (χ3v) is 4.21. The predicted octanol–water partition coefficient (Wildman–Crippen LogP) is 1.43. The molecular weight excluding hydrogens is 164 g/mol. The zero-order valence-electron chi connectivity index (χ0n) is 7.98. The lowest BCUT2D eigenvalue weighted by molar-refractivity contribution is 0.0406. The summed E-state index contributed by atoms with van der Waals surface area (Å²) in [5.74, 6) is 3.03. The van der Waals surface area contributed by atoms with Crippen LogP contribution in [0.2, 0.25) is 0 Å². The van der Waals surface area contributed by atoms with Gasteiger partial charge < -0.3 is 9.84 Å². The van der Waals surface area contributed by atoms with Gasteiger partial charge in [-0.3, -0.25) is 0 Å². The van der Waals surface area contributed by atoms with Gasteiger partial charge in [0.2, 0.25) is 0 Å². The van der Waals surface area contributed by atoms with Crippen LogP contribution in [0.5, 0.6) is 0 Å². The van der Waals surface area contributed by atoms with E-state index in [1.165, 1.54) is 19.3 Å². The van der Waals surface area contributed by atoms with E-state index in [2.05, 4.69) is 0 Å². The minimum absolute atomic E-state index is 0.0599. The summed E-state index contributed by atoms with van der Waals surface area (Å²) < 4.78 is 5.32. The van der Waals surface area contributed by atoms with E-state index >= 15 is 0 Å². The molecule has 0 aromatic carbocycles. The van der Waals surface area contributed by atoms with Crippen LogP contribution in [0.15, 0.2) is 0 Å². The highest BCUT2D eigenvalue weighted by Crippen LogP contribution is 2.55. The van der Waals surface area contributed by atoms with Crippen molar-refractivity contribution in [2.45, 2.75) is 31.8 Å². The normalized spacial score (nSPS) is 50.5. The summed E-state index contributed by atoms with van der Waals surface area (Å²) in [4.78, 5) is 0. The predicted molar refractivity (Wildman–Crippen MR) is 49.3 cm³/mol. The van der Waals surface area contributed by atoms with E-state index in [1.807, 2.05) is 0 Å². The van der Waals surface area contributed by atoms with Crippen LogP contribution in [0.25, 0.3) is 0 Å². The summed E-state index contributed by atoms with van der Waals surface area (Å²) in [6.07, 6.45) is 5.05. The van der Waals surface area contributed by atoms with Gasteiger partial charge in [0.15, 0.2) is 0 Å². The molecule has 3 fully saturated rings. The van der Waals surface area contributed by atoms with Crippen LogP contribution in [0.3, 0.4) is 0 Å². The fraction of sp³-hybridized carbons (Fsp3) is 1.00. The van der Waals surface area contributed by atoms with Crippen LogP contribution in [-0.2, 0) is 4.74 Å². The maximum Gasteiger partial charge on any atom is 0.0619 e. The van der Waals surface area contributed by atoms with Crippen molar-refractivity contribution in [1.82, 2.24) is 0 Å². The molecule has 13 heavy (non-hydrogen) atoms. The molecule has 0 aromatic rings. The van der Waals surface area contributed by atoms with E-state index in [-0.39, 0.29) is 6.10 Å². The SMILES string of the molecule is OC(C1CCOC1)C1CC2CC2C1. The van der Waals surface area contributed by atoms with Gasteiger partial charge in [-0.25, -0.2) is 0 Å². The quantitative estimate of drug-likeness (QED) is 0.700. The van der Waals surface area contributed by atoms with Crippen molar-refractivity contribution in [1.29, 1.82) is 0 Å². The molecule has 0 spiro atoms.